The van der Waals surface area contributed by atoms with Gasteiger partial charge in [0, 0.05) is 23.5 Å². The van der Waals surface area contributed by atoms with Crippen molar-refractivity contribution in [3.63, 3.8) is 0 Å². The molecule has 3 rings (SSSR count). The Labute approximate surface area is 116 Å². The van der Waals surface area contributed by atoms with Crippen molar-refractivity contribution >= 4 is 22.4 Å². The Bertz CT molecular complexity index is 696. The topological polar surface area (TPSA) is 43.8 Å². The molecule has 0 saturated heterocycles. The summed E-state index contributed by atoms with van der Waals surface area (Å²) in [5.74, 6) is 1.04. The van der Waals surface area contributed by atoms with Crippen molar-refractivity contribution in [1.29, 1.82) is 0 Å². The predicted octanol–water partition coefficient (Wildman–Crippen LogP) is 3.80. The third kappa shape index (κ3) is 2.07. The van der Waals surface area contributed by atoms with E-state index in [0.717, 1.165) is 16.9 Å². The van der Waals surface area contributed by atoms with Crippen molar-refractivity contribution in [2.24, 2.45) is 5.73 Å². The lowest BCUT2D eigenvalue weighted by molar-refractivity contribution is 0.624. The minimum atomic E-state index is 0.378. The standard InChI is InChI=1S/C15H17N3S/c1-10(2)18-14-4-3-11(8-16)7-13(14)17-15(18)12-5-6-19-9-12/h3-7,9-10H,8,16H2,1-2H3. The molecule has 3 aromatic rings. The van der Waals surface area contributed by atoms with Crippen LogP contribution in [-0.4, -0.2) is 9.55 Å². The van der Waals surface area contributed by atoms with Crippen molar-refractivity contribution in [2.45, 2.75) is 26.4 Å². The highest BCUT2D eigenvalue weighted by Gasteiger charge is 2.15. The zero-order valence-electron chi connectivity index (χ0n) is 11.1. The van der Waals surface area contributed by atoms with E-state index >= 15 is 0 Å². The smallest absolute Gasteiger partial charge is 0.142 e. The first-order valence-corrected chi connectivity index (χ1v) is 7.38. The highest BCUT2D eigenvalue weighted by Crippen LogP contribution is 2.29. The summed E-state index contributed by atoms with van der Waals surface area (Å²) in [6.07, 6.45) is 0. The Balaban J connectivity index is 2.29. The molecule has 2 N–H and O–H groups in total. The molecule has 3 nitrogen and oxygen atoms in total. The Morgan fingerprint density at radius 1 is 1.32 bits per heavy atom. The van der Waals surface area contributed by atoms with Gasteiger partial charge in [0.1, 0.15) is 5.82 Å². The van der Waals surface area contributed by atoms with Crippen molar-refractivity contribution in [2.75, 3.05) is 0 Å². The van der Waals surface area contributed by atoms with Crippen LogP contribution < -0.4 is 5.73 Å². The number of nitrogens with zero attached hydrogens (tertiary/aromatic N) is 2. The highest BCUT2D eigenvalue weighted by molar-refractivity contribution is 7.08. The molecule has 0 bridgehead atoms. The summed E-state index contributed by atoms with van der Waals surface area (Å²) >= 11 is 1.70. The molecule has 0 aliphatic rings. The van der Waals surface area contributed by atoms with E-state index in [9.17, 15) is 0 Å². The Hall–Kier alpha value is -1.65. The number of rotatable bonds is 3. The van der Waals surface area contributed by atoms with Crippen LogP contribution in [0.4, 0.5) is 0 Å². The van der Waals surface area contributed by atoms with Gasteiger partial charge in [-0.2, -0.15) is 11.3 Å². The number of aromatic nitrogens is 2. The molecule has 0 spiro atoms. The van der Waals surface area contributed by atoms with E-state index in [0.29, 0.717) is 12.6 Å². The number of thiophene rings is 1. The van der Waals surface area contributed by atoms with Crippen LogP contribution in [0.5, 0.6) is 0 Å². The summed E-state index contributed by atoms with van der Waals surface area (Å²) in [7, 11) is 0. The second-order valence-corrected chi connectivity index (χ2v) is 5.72. The third-order valence-electron chi connectivity index (χ3n) is 3.29. The first-order chi connectivity index (χ1) is 9.20. The van der Waals surface area contributed by atoms with Crippen molar-refractivity contribution in [3.05, 3.63) is 40.6 Å². The van der Waals surface area contributed by atoms with Crippen LogP contribution in [0.2, 0.25) is 0 Å². The van der Waals surface area contributed by atoms with E-state index in [-0.39, 0.29) is 0 Å². The lowest BCUT2D eigenvalue weighted by Crippen LogP contribution is -2.02. The molecule has 19 heavy (non-hydrogen) atoms. The van der Waals surface area contributed by atoms with Gasteiger partial charge in [0.05, 0.1) is 11.0 Å². The summed E-state index contributed by atoms with van der Waals surface area (Å²) in [4.78, 5) is 4.80. The van der Waals surface area contributed by atoms with Crippen molar-refractivity contribution in [1.82, 2.24) is 9.55 Å². The van der Waals surface area contributed by atoms with Crippen LogP contribution in [0, 0.1) is 0 Å². The zero-order valence-corrected chi connectivity index (χ0v) is 11.9. The SMILES string of the molecule is CC(C)n1c(-c2ccsc2)nc2cc(CN)ccc21. The maximum atomic E-state index is 5.71. The van der Waals surface area contributed by atoms with E-state index in [1.807, 2.05) is 0 Å². The fraction of sp³-hybridized carbons (Fsp3) is 0.267. The van der Waals surface area contributed by atoms with Gasteiger partial charge in [-0.25, -0.2) is 4.98 Å². The molecule has 0 atom stereocenters. The van der Waals surface area contributed by atoms with E-state index in [2.05, 4.69) is 53.4 Å². The number of hydrogen-bond acceptors (Lipinski definition) is 3. The molecular weight excluding hydrogens is 254 g/mol. The molecular formula is C15H17N3S. The number of imidazole rings is 1. The Morgan fingerprint density at radius 3 is 2.79 bits per heavy atom. The molecule has 0 saturated carbocycles. The molecule has 98 valence electrons. The number of fused-ring (bicyclic) bond motifs is 1. The largest absolute Gasteiger partial charge is 0.326 e. The Kier molecular flexibility index (Phi) is 3.12. The third-order valence-corrected chi connectivity index (χ3v) is 3.97. The van der Waals surface area contributed by atoms with Gasteiger partial charge in [-0.1, -0.05) is 6.07 Å². The fourth-order valence-corrected chi connectivity index (χ4v) is 3.02. The monoisotopic (exact) mass is 271 g/mol. The van der Waals surface area contributed by atoms with Crippen LogP contribution in [0.25, 0.3) is 22.4 Å². The number of benzene rings is 1. The van der Waals surface area contributed by atoms with Crippen LogP contribution in [0.15, 0.2) is 35.0 Å². The van der Waals surface area contributed by atoms with Gasteiger partial charge in [0.25, 0.3) is 0 Å². The lowest BCUT2D eigenvalue weighted by Gasteiger charge is -2.12. The minimum Gasteiger partial charge on any atom is -0.326 e. The maximum absolute atomic E-state index is 5.71. The van der Waals surface area contributed by atoms with Crippen LogP contribution >= 0.6 is 11.3 Å². The summed E-state index contributed by atoms with van der Waals surface area (Å²) < 4.78 is 2.29. The van der Waals surface area contributed by atoms with Crippen LogP contribution in [-0.2, 0) is 6.54 Å². The minimum absolute atomic E-state index is 0.378. The highest BCUT2D eigenvalue weighted by atomic mass is 32.1. The van der Waals surface area contributed by atoms with Gasteiger partial charge in [0.15, 0.2) is 0 Å². The van der Waals surface area contributed by atoms with Gasteiger partial charge in [0.2, 0.25) is 0 Å². The zero-order chi connectivity index (χ0) is 13.4. The molecule has 2 aromatic heterocycles. The quantitative estimate of drug-likeness (QED) is 0.787. The summed E-state index contributed by atoms with van der Waals surface area (Å²) in [6, 6.07) is 8.79. The number of hydrogen-bond donors (Lipinski definition) is 1. The van der Waals surface area contributed by atoms with Gasteiger partial charge < -0.3 is 10.3 Å². The van der Waals surface area contributed by atoms with Gasteiger partial charge >= 0.3 is 0 Å². The predicted molar refractivity (Wildman–Crippen MR) is 81.3 cm³/mol. The molecule has 0 aliphatic heterocycles. The van der Waals surface area contributed by atoms with Crippen molar-refractivity contribution in [3.8, 4) is 11.4 Å². The molecule has 4 heteroatoms. The second kappa shape index (κ2) is 4.79. The van der Waals surface area contributed by atoms with E-state index in [1.165, 1.54) is 11.1 Å². The first-order valence-electron chi connectivity index (χ1n) is 6.44. The van der Waals surface area contributed by atoms with Crippen molar-refractivity contribution < 1.29 is 0 Å². The van der Waals surface area contributed by atoms with Crippen LogP contribution in [0.1, 0.15) is 25.5 Å². The molecule has 1 aromatic carbocycles. The lowest BCUT2D eigenvalue weighted by atomic mass is 10.2. The van der Waals surface area contributed by atoms with E-state index in [4.69, 9.17) is 10.7 Å². The molecule has 0 unspecified atom stereocenters. The second-order valence-electron chi connectivity index (χ2n) is 4.94. The molecule has 0 fully saturated rings. The molecule has 0 amide bonds. The summed E-state index contributed by atoms with van der Waals surface area (Å²) in [6.45, 7) is 4.93. The van der Waals surface area contributed by atoms with Crippen LogP contribution in [0.3, 0.4) is 0 Å². The summed E-state index contributed by atoms with van der Waals surface area (Å²) in [5.41, 5.74) is 10.2. The first kappa shape index (κ1) is 12.4. The average molecular weight is 271 g/mol. The average Bonchev–Trinajstić information content (AvgIpc) is 3.04. The van der Waals surface area contributed by atoms with Gasteiger partial charge in [-0.3, -0.25) is 0 Å². The normalized spacial score (nSPS) is 11.6. The van der Waals surface area contributed by atoms with E-state index < -0.39 is 0 Å². The van der Waals surface area contributed by atoms with Gasteiger partial charge in [-0.15, -0.1) is 0 Å². The van der Waals surface area contributed by atoms with E-state index in [1.54, 1.807) is 11.3 Å². The summed E-state index contributed by atoms with van der Waals surface area (Å²) in [5, 5.41) is 4.23. The fourth-order valence-electron chi connectivity index (χ4n) is 2.39. The van der Waals surface area contributed by atoms with Gasteiger partial charge in [-0.05, 0) is 43.0 Å². The molecule has 2 heterocycles. The number of nitrogens with two attached hydrogens (primary N) is 1. The molecule has 0 aliphatic carbocycles. The Morgan fingerprint density at radius 2 is 2.16 bits per heavy atom. The maximum Gasteiger partial charge on any atom is 0.142 e. The molecule has 0 radical (unpaired) electrons.